The minimum absolute atomic E-state index is 0. The van der Waals surface area contributed by atoms with Crippen molar-refractivity contribution in [1.29, 1.82) is 0 Å². The zero-order chi connectivity index (χ0) is 19.3. The number of hydrogen-bond donors (Lipinski definition) is 3. The average molecular weight is 360 g/mol. The molecule has 7 nitrogen and oxygen atoms in total. The molecule has 1 aromatic heterocycles. The number of nitrogens with zero attached hydrogens (tertiary/aromatic N) is 2. The van der Waals surface area contributed by atoms with Crippen molar-refractivity contribution in [3.63, 3.8) is 0 Å². The summed E-state index contributed by atoms with van der Waals surface area (Å²) in [6.45, 7) is 18.2. The maximum atomic E-state index is 11.4. The minimum Gasteiger partial charge on any atom is -0.444 e. The van der Waals surface area contributed by atoms with Crippen LogP contribution in [0.1, 0.15) is 66.3 Å². The van der Waals surface area contributed by atoms with Gasteiger partial charge in [-0.3, -0.25) is 0 Å². The monoisotopic (exact) mass is 359 g/mol. The second-order valence-electron chi connectivity index (χ2n) is 5.59. The van der Waals surface area contributed by atoms with E-state index in [2.05, 4.69) is 23.5 Å². The van der Waals surface area contributed by atoms with Gasteiger partial charge >= 0.3 is 6.09 Å². The highest BCUT2D eigenvalue weighted by atomic mass is 16.6. The Morgan fingerprint density at radius 3 is 2.32 bits per heavy atom. The zero-order valence-corrected chi connectivity index (χ0v) is 15.8. The number of rotatable bonds is 5. The number of aliphatic hydroxyl groups excluding tert-OH is 1. The molecule has 1 rings (SSSR count). The van der Waals surface area contributed by atoms with E-state index in [1.54, 1.807) is 38.5 Å². The Kier molecular flexibility index (Phi) is 16.2. The Balaban J connectivity index is -0.000000899. The molecule has 0 aliphatic rings. The molecule has 0 bridgehead atoms. The van der Waals surface area contributed by atoms with Crippen molar-refractivity contribution in [3.05, 3.63) is 30.9 Å². The van der Waals surface area contributed by atoms with Crippen LogP contribution in [0.2, 0.25) is 0 Å². The topological polar surface area (TPSA) is 96.6 Å². The molecule has 148 valence electrons. The highest BCUT2D eigenvalue weighted by Gasteiger charge is 2.16. The zero-order valence-electron chi connectivity index (χ0n) is 15.8. The van der Waals surface area contributed by atoms with Crippen molar-refractivity contribution in [1.82, 2.24) is 14.9 Å². The Bertz CT molecular complexity index is 465. The van der Waals surface area contributed by atoms with Gasteiger partial charge in [-0.2, -0.15) is 0 Å². The lowest BCUT2D eigenvalue weighted by Crippen LogP contribution is -2.33. The van der Waals surface area contributed by atoms with Crippen molar-refractivity contribution in [2.24, 2.45) is 0 Å². The molecule has 1 aromatic rings. The number of amides is 1. The molecule has 0 saturated heterocycles. The predicted molar refractivity (Wildman–Crippen MR) is 102 cm³/mol. The summed E-state index contributed by atoms with van der Waals surface area (Å²) in [6.07, 6.45) is 0.320. The Morgan fingerprint density at radius 2 is 1.88 bits per heavy atom. The molecular formula is C18H37N3O4. The summed E-state index contributed by atoms with van der Waals surface area (Å²) < 4.78 is 6.77. The smallest absolute Gasteiger partial charge is 0.407 e. The van der Waals surface area contributed by atoms with E-state index in [0.29, 0.717) is 25.2 Å². The molecule has 0 aromatic carbocycles. The molecular weight excluding hydrogens is 322 g/mol. The molecule has 0 saturated carbocycles. The van der Waals surface area contributed by atoms with Gasteiger partial charge in [-0.05, 0) is 34.1 Å². The van der Waals surface area contributed by atoms with Crippen LogP contribution < -0.4 is 5.32 Å². The van der Waals surface area contributed by atoms with Crippen molar-refractivity contribution in [2.75, 3.05) is 6.54 Å². The number of ether oxygens (including phenoxy) is 1. The van der Waals surface area contributed by atoms with Crippen LogP contribution in [-0.4, -0.2) is 38.0 Å². The molecule has 0 spiro atoms. The van der Waals surface area contributed by atoms with E-state index in [-0.39, 0.29) is 13.3 Å². The molecule has 0 radical (unpaired) electrons. The first-order chi connectivity index (χ1) is 11.2. The van der Waals surface area contributed by atoms with E-state index in [1.165, 1.54) is 0 Å². The summed E-state index contributed by atoms with van der Waals surface area (Å²) in [6, 6.07) is 0. The fourth-order valence-electron chi connectivity index (χ4n) is 1.70. The van der Waals surface area contributed by atoms with Crippen LogP contribution in [0.4, 0.5) is 4.79 Å². The summed E-state index contributed by atoms with van der Waals surface area (Å²) in [4.78, 5) is 15.4. The van der Waals surface area contributed by atoms with Crippen molar-refractivity contribution in [3.8, 4) is 0 Å². The lowest BCUT2D eigenvalue weighted by atomic mass is 10.2. The van der Waals surface area contributed by atoms with Gasteiger partial charge in [0.15, 0.2) is 5.82 Å². The van der Waals surface area contributed by atoms with Gasteiger partial charge in [0.25, 0.3) is 0 Å². The van der Waals surface area contributed by atoms with Crippen LogP contribution in [-0.2, 0) is 11.3 Å². The number of aryl methyl sites for hydroxylation is 2. The third-order valence-corrected chi connectivity index (χ3v) is 2.40. The molecule has 7 heteroatoms. The van der Waals surface area contributed by atoms with Crippen LogP contribution in [0.3, 0.4) is 0 Å². The van der Waals surface area contributed by atoms with E-state index in [4.69, 9.17) is 4.74 Å². The molecule has 0 aliphatic carbocycles. The van der Waals surface area contributed by atoms with Gasteiger partial charge < -0.3 is 24.8 Å². The number of imidazole rings is 1. The van der Waals surface area contributed by atoms with Gasteiger partial charge in [0.05, 0.1) is 5.69 Å². The van der Waals surface area contributed by atoms with Gasteiger partial charge in [-0.25, -0.2) is 9.78 Å². The molecule has 0 aliphatic heterocycles. The third-order valence-electron chi connectivity index (χ3n) is 2.40. The Labute approximate surface area is 152 Å². The molecule has 1 heterocycles. The van der Waals surface area contributed by atoms with E-state index in [9.17, 15) is 15.0 Å². The summed E-state index contributed by atoms with van der Waals surface area (Å²) >= 11 is 0. The number of nitrogens with one attached hydrogen (secondary N) is 1. The molecule has 25 heavy (non-hydrogen) atoms. The fraction of sp³-hybridized carbons (Fsp3) is 0.667. The van der Waals surface area contributed by atoms with E-state index < -0.39 is 18.0 Å². The molecule has 0 unspecified atom stereocenters. The maximum absolute atomic E-state index is 11.4. The largest absolute Gasteiger partial charge is 0.444 e. The highest BCUT2D eigenvalue weighted by Crippen LogP contribution is 2.10. The molecule has 1 amide bonds. The van der Waals surface area contributed by atoms with E-state index >= 15 is 0 Å². The van der Waals surface area contributed by atoms with E-state index in [1.807, 2.05) is 13.8 Å². The van der Waals surface area contributed by atoms with Crippen molar-refractivity contribution < 1.29 is 19.7 Å². The van der Waals surface area contributed by atoms with Crippen LogP contribution >= 0.6 is 0 Å². The lowest BCUT2D eigenvalue weighted by Gasteiger charge is -2.19. The number of carbonyl (C=O) groups excluding carboxylic acids is 1. The summed E-state index contributed by atoms with van der Waals surface area (Å²) in [5, 5.41) is 21.0. The quantitative estimate of drug-likeness (QED) is 0.424. The number of carbonyl (C=O) groups is 1. The predicted octanol–water partition coefficient (Wildman–Crippen LogP) is 3.55. The van der Waals surface area contributed by atoms with Gasteiger partial charge in [0.1, 0.15) is 5.60 Å². The van der Waals surface area contributed by atoms with Crippen LogP contribution in [0, 0.1) is 6.92 Å². The van der Waals surface area contributed by atoms with Crippen molar-refractivity contribution in [2.45, 2.75) is 73.8 Å². The van der Waals surface area contributed by atoms with Gasteiger partial charge in [0.2, 0.25) is 6.29 Å². The van der Waals surface area contributed by atoms with Gasteiger partial charge in [-0.15, -0.1) is 13.2 Å². The third kappa shape index (κ3) is 13.1. The molecule has 0 fully saturated rings. The molecule has 0 atom stereocenters. The van der Waals surface area contributed by atoms with Crippen LogP contribution in [0.5, 0.6) is 0 Å². The molecule has 3 N–H and O–H groups in total. The number of alkyl carbamates (subject to hydrolysis) is 1. The lowest BCUT2D eigenvalue weighted by molar-refractivity contribution is -0.0519. The first-order valence-corrected chi connectivity index (χ1v) is 8.05. The SMILES string of the molecule is C.C=C.CC.Cc1cn(CCCNC(=O)OC(C)(C)C)c(C(O)O)n1. The first kappa shape index (κ1) is 28.0. The number of hydrogen-bond acceptors (Lipinski definition) is 5. The van der Waals surface area contributed by atoms with Crippen LogP contribution in [0.25, 0.3) is 0 Å². The van der Waals surface area contributed by atoms with Crippen LogP contribution in [0.15, 0.2) is 19.4 Å². The second-order valence-corrected chi connectivity index (χ2v) is 5.59. The van der Waals surface area contributed by atoms with Crippen molar-refractivity contribution >= 4 is 6.09 Å². The second kappa shape index (κ2) is 14.5. The highest BCUT2D eigenvalue weighted by molar-refractivity contribution is 5.67. The number of aliphatic hydroxyl groups is 2. The first-order valence-electron chi connectivity index (χ1n) is 8.05. The fourth-order valence-corrected chi connectivity index (χ4v) is 1.70. The number of aromatic nitrogens is 2. The standard InChI is InChI=1S/C13H23N3O4.C2H6.C2H4.CH4/c1-9-8-16(10(15-9)11(17)18)7-5-6-14-12(19)20-13(2,3)4;2*1-2;/h8,11,17-18H,5-7H2,1-4H3,(H,14,19);1-2H3;1-2H2;1H4. The van der Waals surface area contributed by atoms with E-state index in [0.717, 1.165) is 0 Å². The summed E-state index contributed by atoms with van der Waals surface area (Å²) in [5.41, 5.74) is 0.202. The minimum atomic E-state index is -1.59. The Hall–Kier alpha value is -1.86. The van der Waals surface area contributed by atoms with Gasteiger partial charge in [-0.1, -0.05) is 21.3 Å². The average Bonchev–Trinajstić information content (AvgIpc) is 2.87. The summed E-state index contributed by atoms with van der Waals surface area (Å²) in [7, 11) is 0. The maximum Gasteiger partial charge on any atom is 0.407 e. The normalized spacial score (nSPS) is 9.80. The Morgan fingerprint density at radius 1 is 1.36 bits per heavy atom. The van der Waals surface area contributed by atoms with Gasteiger partial charge in [0, 0.05) is 19.3 Å². The summed E-state index contributed by atoms with van der Waals surface area (Å²) in [5.74, 6) is 0.208.